The van der Waals surface area contributed by atoms with Crippen molar-refractivity contribution in [2.24, 2.45) is 0 Å². The van der Waals surface area contributed by atoms with Crippen molar-refractivity contribution in [3.8, 4) is 0 Å². The van der Waals surface area contributed by atoms with E-state index in [1.54, 1.807) is 0 Å². The predicted molar refractivity (Wildman–Crippen MR) is 114 cm³/mol. The summed E-state index contributed by atoms with van der Waals surface area (Å²) in [7, 11) is 0. The number of nitrogens with zero attached hydrogens (tertiary/aromatic N) is 4. The third kappa shape index (κ3) is 4.39. The lowest BCUT2D eigenvalue weighted by atomic mass is 9.91. The molecule has 5 heteroatoms. The number of likely N-dealkylation sites (tertiary alicyclic amines) is 1. The number of pyridine rings is 1. The molecule has 29 heavy (non-hydrogen) atoms. The minimum absolute atomic E-state index is 0.0403. The molecule has 3 heterocycles. The highest BCUT2D eigenvalue weighted by Crippen LogP contribution is 2.30. The summed E-state index contributed by atoms with van der Waals surface area (Å²) in [6.07, 6.45) is 10.3. The van der Waals surface area contributed by atoms with Gasteiger partial charge in [-0.15, -0.1) is 0 Å². The van der Waals surface area contributed by atoms with Crippen LogP contribution < -0.4 is 0 Å². The number of rotatable bonds is 6. The molecule has 1 atom stereocenters. The number of imidazole rings is 1. The number of carbonyl (C=O) groups is 1. The zero-order chi connectivity index (χ0) is 20.1. The van der Waals surface area contributed by atoms with E-state index >= 15 is 0 Å². The molecule has 3 aromatic rings. The SMILES string of the molecule is CCC(C(=O)N1CCC(c2nccn2Cc2ccncc2)CC1)c1ccccc1. The molecule has 0 radical (unpaired) electrons. The molecule has 2 aromatic heterocycles. The van der Waals surface area contributed by atoms with Gasteiger partial charge in [-0.1, -0.05) is 37.3 Å². The number of amides is 1. The highest BCUT2D eigenvalue weighted by molar-refractivity contribution is 5.83. The van der Waals surface area contributed by atoms with Crippen LogP contribution in [0.3, 0.4) is 0 Å². The monoisotopic (exact) mass is 388 g/mol. The highest BCUT2D eigenvalue weighted by atomic mass is 16.2. The summed E-state index contributed by atoms with van der Waals surface area (Å²) in [5.74, 6) is 1.75. The van der Waals surface area contributed by atoms with Crippen LogP contribution >= 0.6 is 0 Å². The molecule has 0 spiro atoms. The smallest absolute Gasteiger partial charge is 0.230 e. The Morgan fingerprint density at radius 1 is 1.07 bits per heavy atom. The van der Waals surface area contributed by atoms with Crippen molar-refractivity contribution in [1.29, 1.82) is 0 Å². The van der Waals surface area contributed by atoms with Crippen LogP contribution in [0.1, 0.15) is 55.0 Å². The van der Waals surface area contributed by atoms with Crippen molar-refractivity contribution >= 4 is 5.91 Å². The molecule has 150 valence electrons. The van der Waals surface area contributed by atoms with E-state index in [4.69, 9.17) is 0 Å². The molecule has 4 rings (SSSR count). The van der Waals surface area contributed by atoms with Gasteiger partial charge >= 0.3 is 0 Å². The lowest BCUT2D eigenvalue weighted by Gasteiger charge is -2.34. The van der Waals surface area contributed by atoms with E-state index < -0.39 is 0 Å². The van der Waals surface area contributed by atoms with Crippen LogP contribution in [0.2, 0.25) is 0 Å². The van der Waals surface area contributed by atoms with Gasteiger partial charge < -0.3 is 9.47 Å². The van der Waals surface area contributed by atoms with Gasteiger partial charge in [-0.25, -0.2) is 4.98 Å². The lowest BCUT2D eigenvalue weighted by Crippen LogP contribution is -2.41. The van der Waals surface area contributed by atoms with Crippen LogP contribution in [-0.4, -0.2) is 38.4 Å². The van der Waals surface area contributed by atoms with Crippen LogP contribution in [0.25, 0.3) is 0 Å². The van der Waals surface area contributed by atoms with E-state index in [-0.39, 0.29) is 11.8 Å². The van der Waals surface area contributed by atoms with Gasteiger partial charge in [0.25, 0.3) is 0 Å². The molecule has 1 aliphatic heterocycles. The molecule has 1 unspecified atom stereocenters. The molecule has 1 aromatic carbocycles. The number of carbonyl (C=O) groups excluding carboxylic acids is 1. The van der Waals surface area contributed by atoms with E-state index in [0.717, 1.165) is 50.3 Å². The van der Waals surface area contributed by atoms with Crippen molar-refractivity contribution in [3.05, 3.63) is 84.2 Å². The molecule has 0 saturated carbocycles. The summed E-state index contributed by atoms with van der Waals surface area (Å²) in [4.78, 5) is 23.9. The fraction of sp³-hybridized carbons (Fsp3) is 0.375. The summed E-state index contributed by atoms with van der Waals surface area (Å²) in [5, 5.41) is 0. The van der Waals surface area contributed by atoms with E-state index in [2.05, 4.69) is 39.8 Å². The van der Waals surface area contributed by atoms with Crippen molar-refractivity contribution in [1.82, 2.24) is 19.4 Å². The Morgan fingerprint density at radius 2 is 1.79 bits per heavy atom. The van der Waals surface area contributed by atoms with Crippen LogP contribution in [0.5, 0.6) is 0 Å². The minimum Gasteiger partial charge on any atom is -0.342 e. The third-order valence-electron chi connectivity index (χ3n) is 5.93. The fourth-order valence-corrected chi connectivity index (χ4v) is 4.32. The normalized spacial score (nSPS) is 16.0. The van der Waals surface area contributed by atoms with E-state index in [9.17, 15) is 4.79 Å². The largest absolute Gasteiger partial charge is 0.342 e. The first-order valence-electron chi connectivity index (χ1n) is 10.5. The van der Waals surface area contributed by atoms with Gasteiger partial charge in [0.2, 0.25) is 5.91 Å². The quantitative estimate of drug-likeness (QED) is 0.635. The summed E-state index contributed by atoms with van der Waals surface area (Å²) in [5.41, 5.74) is 2.34. The molecule has 1 fully saturated rings. The molecular formula is C24H28N4O. The Kier molecular flexibility index (Phi) is 6.03. The van der Waals surface area contributed by atoms with Crippen LogP contribution in [0.4, 0.5) is 0 Å². The topological polar surface area (TPSA) is 51.0 Å². The van der Waals surface area contributed by atoms with Crippen molar-refractivity contribution in [2.75, 3.05) is 13.1 Å². The second-order valence-corrected chi connectivity index (χ2v) is 7.74. The summed E-state index contributed by atoms with van der Waals surface area (Å²) >= 11 is 0. The number of aromatic nitrogens is 3. The average molecular weight is 389 g/mol. The van der Waals surface area contributed by atoms with Crippen LogP contribution in [-0.2, 0) is 11.3 Å². The van der Waals surface area contributed by atoms with Gasteiger partial charge in [0, 0.05) is 50.3 Å². The number of benzene rings is 1. The highest BCUT2D eigenvalue weighted by Gasteiger charge is 2.30. The maximum atomic E-state index is 13.1. The maximum absolute atomic E-state index is 13.1. The van der Waals surface area contributed by atoms with E-state index in [1.807, 2.05) is 53.8 Å². The van der Waals surface area contributed by atoms with Crippen molar-refractivity contribution in [3.63, 3.8) is 0 Å². The van der Waals surface area contributed by atoms with E-state index in [1.165, 1.54) is 5.56 Å². The van der Waals surface area contributed by atoms with Gasteiger partial charge in [0.05, 0.1) is 5.92 Å². The molecule has 5 nitrogen and oxygen atoms in total. The Labute approximate surface area is 172 Å². The second kappa shape index (κ2) is 9.03. The Bertz CT molecular complexity index is 914. The van der Waals surface area contributed by atoms with Crippen LogP contribution in [0.15, 0.2) is 67.3 Å². The van der Waals surface area contributed by atoms with Crippen LogP contribution in [0, 0.1) is 0 Å². The molecule has 1 aliphatic rings. The zero-order valence-electron chi connectivity index (χ0n) is 16.9. The molecular weight excluding hydrogens is 360 g/mol. The standard InChI is InChI=1S/C24H28N4O/c1-2-22(20-6-4-3-5-7-20)24(29)27-15-10-21(11-16-27)23-26-14-17-28(23)18-19-8-12-25-13-9-19/h3-9,12-14,17,21-22H,2,10-11,15-16,18H2,1H3. The van der Waals surface area contributed by atoms with Gasteiger partial charge in [-0.2, -0.15) is 0 Å². The summed E-state index contributed by atoms with van der Waals surface area (Å²) < 4.78 is 2.23. The van der Waals surface area contributed by atoms with E-state index in [0.29, 0.717) is 5.92 Å². The molecule has 1 amide bonds. The fourth-order valence-electron chi connectivity index (χ4n) is 4.32. The predicted octanol–water partition coefficient (Wildman–Crippen LogP) is 4.23. The van der Waals surface area contributed by atoms with Gasteiger partial charge in [0.1, 0.15) is 5.82 Å². The number of hydrogen-bond acceptors (Lipinski definition) is 3. The minimum atomic E-state index is -0.0403. The zero-order valence-corrected chi connectivity index (χ0v) is 16.9. The summed E-state index contributed by atoms with van der Waals surface area (Å²) in [6, 6.07) is 14.2. The molecule has 1 saturated heterocycles. The van der Waals surface area contributed by atoms with Crippen molar-refractivity contribution in [2.45, 2.75) is 44.6 Å². The number of piperidine rings is 1. The summed E-state index contributed by atoms with van der Waals surface area (Å²) in [6.45, 7) is 4.51. The lowest BCUT2D eigenvalue weighted by molar-refractivity contribution is -0.134. The van der Waals surface area contributed by atoms with Gasteiger partial charge in [-0.3, -0.25) is 9.78 Å². The first kappa shape index (κ1) is 19.4. The molecule has 0 bridgehead atoms. The van der Waals surface area contributed by atoms with Gasteiger partial charge in [-0.05, 0) is 42.5 Å². The average Bonchev–Trinajstić information content (AvgIpc) is 3.24. The Balaban J connectivity index is 1.40. The molecule has 0 N–H and O–H groups in total. The first-order valence-corrected chi connectivity index (χ1v) is 10.5. The third-order valence-corrected chi connectivity index (χ3v) is 5.93. The molecule has 0 aliphatic carbocycles. The van der Waals surface area contributed by atoms with Crippen molar-refractivity contribution < 1.29 is 4.79 Å². The second-order valence-electron chi connectivity index (χ2n) is 7.74. The Hall–Kier alpha value is -2.95. The van der Waals surface area contributed by atoms with Gasteiger partial charge in [0.15, 0.2) is 0 Å². The Morgan fingerprint density at radius 3 is 2.48 bits per heavy atom. The first-order chi connectivity index (χ1) is 14.3. The number of hydrogen-bond donors (Lipinski definition) is 0. The maximum Gasteiger partial charge on any atom is 0.230 e.